The van der Waals surface area contributed by atoms with Crippen molar-refractivity contribution in [2.45, 2.75) is 57.8 Å². The van der Waals surface area contributed by atoms with Crippen LogP contribution >= 0.6 is 0 Å². The molecule has 0 N–H and O–H groups in total. The van der Waals surface area contributed by atoms with Crippen molar-refractivity contribution < 1.29 is 0 Å². The van der Waals surface area contributed by atoms with Gasteiger partial charge in [-0.05, 0) is 67.6 Å². The average Bonchev–Trinajstić information content (AvgIpc) is 2.56. The minimum atomic E-state index is 0.775. The standard InChI is InChI=1S/C21H26/c1-3-17-6-10-19(11-7-17)21-14-12-20(13-15-21)18-8-4-16(2)5-9-18/h4-11,20-21H,3,12-15H2,1-2H3. The lowest BCUT2D eigenvalue weighted by molar-refractivity contribution is 0.396. The highest BCUT2D eigenvalue weighted by molar-refractivity contribution is 5.28. The molecule has 110 valence electrons. The maximum absolute atomic E-state index is 2.36. The minimum absolute atomic E-state index is 0.775. The lowest BCUT2D eigenvalue weighted by Crippen LogP contribution is -2.12. The zero-order chi connectivity index (χ0) is 14.7. The zero-order valence-corrected chi connectivity index (χ0v) is 13.3. The van der Waals surface area contributed by atoms with E-state index < -0.39 is 0 Å². The summed E-state index contributed by atoms with van der Waals surface area (Å²) in [4.78, 5) is 0. The van der Waals surface area contributed by atoms with E-state index in [4.69, 9.17) is 0 Å². The molecule has 1 aliphatic rings. The topological polar surface area (TPSA) is 0 Å². The first-order valence-corrected chi connectivity index (χ1v) is 8.41. The second-order valence-electron chi connectivity index (χ2n) is 6.55. The summed E-state index contributed by atoms with van der Waals surface area (Å²) in [6.07, 6.45) is 6.49. The number of rotatable bonds is 3. The third kappa shape index (κ3) is 3.37. The molecule has 0 atom stereocenters. The second-order valence-corrected chi connectivity index (χ2v) is 6.55. The van der Waals surface area contributed by atoms with Gasteiger partial charge in [0.25, 0.3) is 0 Å². The lowest BCUT2D eigenvalue weighted by Gasteiger charge is -2.29. The molecule has 0 saturated heterocycles. The Morgan fingerprint density at radius 2 is 1.14 bits per heavy atom. The third-order valence-electron chi connectivity index (χ3n) is 5.14. The van der Waals surface area contributed by atoms with Gasteiger partial charge in [0.05, 0.1) is 0 Å². The summed E-state index contributed by atoms with van der Waals surface area (Å²) >= 11 is 0. The Labute approximate surface area is 129 Å². The predicted octanol–water partition coefficient (Wildman–Crippen LogP) is 6.00. The monoisotopic (exact) mass is 278 g/mol. The molecule has 0 spiro atoms. The van der Waals surface area contributed by atoms with Gasteiger partial charge in [-0.25, -0.2) is 0 Å². The molecule has 0 heteroatoms. The van der Waals surface area contributed by atoms with Crippen molar-refractivity contribution in [3.8, 4) is 0 Å². The number of hydrogen-bond donors (Lipinski definition) is 0. The first-order chi connectivity index (χ1) is 10.3. The summed E-state index contributed by atoms with van der Waals surface area (Å²) in [5, 5.41) is 0. The van der Waals surface area contributed by atoms with Crippen LogP contribution in [-0.4, -0.2) is 0 Å². The molecule has 2 aromatic rings. The Morgan fingerprint density at radius 3 is 1.57 bits per heavy atom. The van der Waals surface area contributed by atoms with Crippen molar-refractivity contribution in [2.24, 2.45) is 0 Å². The Kier molecular flexibility index (Phi) is 4.43. The average molecular weight is 278 g/mol. The van der Waals surface area contributed by atoms with Gasteiger partial charge in [0.15, 0.2) is 0 Å². The van der Waals surface area contributed by atoms with Crippen molar-refractivity contribution in [3.63, 3.8) is 0 Å². The summed E-state index contributed by atoms with van der Waals surface area (Å²) < 4.78 is 0. The Hall–Kier alpha value is -1.56. The van der Waals surface area contributed by atoms with E-state index >= 15 is 0 Å². The molecule has 3 rings (SSSR count). The van der Waals surface area contributed by atoms with Crippen LogP contribution in [0.1, 0.15) is 66.7 Å². The van der Waals surface area contributed by atoms with Gasteiger partial charge in [0.2, 0.25) is 0 Å². The highest BCUT2D eigenvalue weighted by Crippen LogP contribution is 2.40. The first kappa shape index (κ1) is 14.4. The molecule has 0 nitrogen and oxygen atoms in total. The van der Waals surface area contributed by atoms with E-state index in [9.17, 15) is 0 Å². The maximum Gasteiger partial charge on any atom is -0.0162 e. The number of hydrogen-bond acceptors (Lipinski definition) is 0. The van der Waals surface area contributed by atoms with Crippen molar-refractivity contribution in [2.75, 3.05) is 0 Å². The molecular formula is C21H26. The fourth-order valence-electron chi connectivity index (χ4n) is 3.62. The van der Waals surface area contributed by atoms with E-state index in [-0.39, 0.29) is 0 Å². The normalized spacial score (nSPS) is 22.2. The van der Waals surface area contributed by atoms with E-state index in [0.717, 1.165) is 18.3 Å². The summed E-state index contributed by atoms with van der Waals surface area (Å²) in [5.74, 6) is 1.55. The van der Waals surface area contributed by atoms with Gasteiger partial charge in [-0.2, -0.15) is 0 Å². The zero-order valence-electron chi connectivity index (χ0n) is 13.3. The Bertz CT molecular complexity index is 554. The summed E-state index contributed by atoms with van der Waals surface area (Å²) in [7, 11) is 0. The molecule has 1 fully saturated rings. The first-order valence-electron chi connectivity index (χ1n) is 8.41. The van der Waals surface area contributed by atoms with Crippen LogP contribution in [0, 0.1) is 6.92 Å². The third-order valence-corrected chi connectivity index (χ3v) is 5.14. The molecule has 1 aliphatic carbocycles. The van der Waals surface area contributed by atoms with Crippen molar-refractivity contribution >= 4 is 0 Å². The molecular weight excluding hydrogens is 252 g/mol. The van der Waals surface area contributed by atoms with Crippen LogP contribution in [0.4, 0.5) is 0 Å². The lowest BCUT2D eigenvalue weighted by atomic mass is 9.76. The molecule has 0 bridgehead atoms. The van der Waals surface area contributed by atoms with Gasteiger partial charge in [0.1, 0.15) is 0 Å². The number of aryl methyl sites for hydroxylation is 2. The minimum Gasteiger partial charge on any atom is -0.0613 e. The summed E-state index contributed by atoms with van der Waals surface area (Å²) in [6.45, 7) is 4.39. The molecule has 0 unspecified atom stereocenters. The van der Waals surface area contributed by atoms with Crippen LogP contribution in [0.2, 0.25) is 0 Å². The summed E-state index contributed by atoms with van der Waals surface area (Å²) in [5.41, 5.74) is 5.91. The SMILES string of the molecule is CCc1ccc(C2CCC(c3ccc(C)cc3)CC2)cc1. The largest absolute Gasteiger partial charge is 0.0613 e. The molecule has 0 aromatic heterocycles. The van der Waals surface area contributed by atoms with E-state index in [2.05, 4.69) is 62.4 Å². The second kappa shape index (κ2) is 6.47. The van der Waals surface area contributed by atoms with Gasteiger partial charge >= 0.3 is 0 Å². The number of benzene rings is 2. The van der Waals surface area contributed by atoms with Gasteiger partial charge in [-0.1, -0.05) is 61.0 Å². The van der Waals surface area contributed by atoms with Crippen LogP contribution in [0.3, 0.4) is 0 Å². The quantitative estimate of drug-likeness (QED) is 0.646. The van der Waals surface area contributed by atoms with Crippen molar-refractivity contribution in [1.29, 1.82) is 0 Å². The Balaban J connectivity index is 1.62. The van der Waals surface area contributed by atoms with Gasteiger partial charge in [-0.3, -0.25) is 0 Å². The van der Waals surface area contributed by atoms with Crippen molar-refractivity contribution in [3.05, 3.63) is 70.8 Å². The highest BCUT2D eigenvalue weighted by Gasteiger charge is 2.23. The van der Waals surface area contributed by atoms with E-state index in [0.29, 0.717) is 0 Å². The molecule has 1 saturated carbocycles. The van der Waals surface area contributed by atoms with Crippen LogP contribution in [0.5, 0.6) is 0 Å². The summed E-state index contributed by atoms with van der Waals surface area (Å²) in [6, 6.07) is 18.5. The molecule has 21 heavy (non-hydrogen) atoms. The van der Waals surface area contributed by atoms with Crippen LogP contribution < -0.4 is 0 Å². The van der Waals surface area contributed by atoms with Gasteiger partial charge in [0, 0.05) is 0 Å². The van der Waals surface area contributed by atoms with E-state index in [1.165, 1.54) is 36.8 Å². The smallest absolute Gasteiger partial charge is 0.0162 e. The fraction of sp³-hybridized carbons (Fsp3) is 0.429. The van der Waals surface area contributed by atoms with Crippen LogP contribution in [0.15, 0.2) is 48.5 Å². The van der Waals surface area contributed by atoms with Crippen molar-refractivity contribution in [1.82, 2.24) is 0 Å². The van der Waals surface area contributed by atoms with E-state index in [1.807, 2.05) is 0 Å². The molecule has 0 radical (unpaired) electrons. The van der Waals surface area contributed by atoms with Crippen LogP contribution in [-0.2, 0) is 6.42 Å². The van der Waals surface area contributed by atoms with Gasteiger partial charge < -0.3 is 0 Å². The van der Waals surface area contributed by atoms with Gasteiger partial charge in [-0.15, -0.1) is 0 Å². The fourth-order valence-corrected chi connectivity index (χ4v) is 3.62. The maximum atomic E-state index is 2.36. The van der Waals surface area contributed by atoms with Crippen LogP contribution in [0.25, 0.3) is 0 Å². The molecule has 0 heterocycles. The molecule has 2 aromatic carbocycles. The molecule has 0 amide bonds. The molecule has 0 aliphatic heterocycles. The highest BCUT2D eigenvalue weighted by atomic mass is 14.3. The predicted molar refractivity (Wildman–Crippen MR) is 90.9 cm³/mol. The van der Waals surface area contributed by atoms with E-state index in [1.54, 1.807) is 11.1 Å². The Morgan fingerprint density at radius 1 is 0.714 bits per heavy atom.